The van der Waals surface area contributed by atoms with E-state index >= 15 is 0 Å². The number of ether oxygens (including phenoxy) is 1. The van der Waals surface area contributed by atoms with Gasteiger partial charge in [-0.05, 0) is 36.6 Å². The van der Waals surface area contributed by atoms with Crippen molar-refractivity contribution in [3.05, 3.63) is 42.0 Å². The molecule has 120 valence electrons. The molecule has 22 heavy (non-hydrogen) atoms. The van der Waals surface area contributed by atoms with Crippen LogP contribution in [0, 0.1) is 0 Å². The Balaban J connectivity index is 0.00000176. The van der Waals surface area contributed by atoms with Gasteiger partial charge in [-0.3, -0.25) is 0 Å². The minimum atomic E-state index is 0. The molecule has 1 aliphatic rings. The highest BCUT2D eigenvalue weighted by Gasteiger charge is 2.15. The summed E-state index contributed by atoms with van der Waals surface area (Å²) in [7, 11) is 0. The van der Waals surface area contributed by atoms with Gasteiger partial charge in [-0.2, -0.15) is 0 Å². The largest absolute Gasteiger partial charge is 0.494 e. The number of fused-ring (bicyclic) bond motifs is 1. The summed E-state index contributed by atoms with van der Waals surface area (Å²) < 4.78 is 5.84. The molecule has 1 aliphatic carbocycles. The van der Waals surface area contributed by atoms with Crippen LogP contribution in [-0.2, 0) is 6.54 Å². The zero-order valence-corrected chi connectivity index (χ0v) is 14.1. The van der Waals surface area contributed by atoms with Crippen molar-refractivity contribution >= 4 is 23.2 Å². The summed E-state index contributed by atoms with van der Waals surface area (Å²) >= 11 is 0. The summed E-state index contributed by atoms with van der Waals surface area (Å²) in [5.41, 5.74) is 1.31. The van der Waals surface area contributed by atoms with Crippen molar-refractivity contribution in [3.63, 3.8) is 0 Å². The third kappa shape index (κ3) is 3.93. The molecule has 0 saturated heterocycles. The van der Waals surface area contributed by atoms with Gasteiger partial charge in [-0.25, -0.2) is 0 Å². The van der Waals surface area contributed by atoms with Gasteiger partial charge in [0.05, 0.1) is 6.61 Å². The molecular weight excluding hydrogens is 294 g/mol. The molecule has 2 nitrogen and oxygen atoms in total. The first-order chi connectivity index (χ1) is 10.4. The van der Waals surface area contributed by atoms with Gasteiger partial charge >= 0.3 is 0 Å². The minimum Gasteiger partial charge on any atom is -0.494 e. The topological polar surface area (TPSA) is 21.3 Å². The number of halogens is 1. The Labute approximate surface area is 139 Å². The first-order valence-electron chi connectivity index (χ1n) is 8.25. The molecule has 0 atom stereocenters. The van der Waals surface area contributed by atoms with E-state index in [-0.39, 0.29) is 12.4 Å². The highest BCUT2D eigenvalue weighted by Crippen LogP contribution is 2.29. The monoisotopic (exact) mass is 319 g/mol. The number of rotatable bonds is 5. The van der Waals surface area contributed by atoms with Gasteiger partial charge in [0.2, 0.25) is 0 Å². The van der Waals surface area contributed by atoms with Gasteiger partial charge in [0, 0.05) is 18.2 Å². The zero-order chi connectivity index (χ0) is 14.5. The van der Waals surface area contributed by atoms with Crippen LogP contribution in [0.25, 0.3) is 10.8 Å². The molecule has 0 unspecified atom stereocenters. The summed E-state index contributed by atoms with van der Waals surface area (Å²) in [6, 6.07) is 13.5. The van der Waals surface area contributed by atoms with Crippen molar-refractivity contribution in [1.29, 1.82) is 0 Å². The van der Waals surface area contributed by atoms with E-state index in [0.717, 1.165) is 18.9 Å². The Bertz CT molecular complexity index is 593. The Morgan fingerprint density at radius 1 is 1.05 bits per heavy atom. The lowest BCUT2D eigenvalue weighted by molar-refractivity contribution is 0.331. The van der Waals surface area contributed by atoms with Crippen molar-refractivity contribution in [2.75, 3.05) is 6.61 Å². The van der Waals surface area contributed by atoms with Gasteiger partial charge in [-0.15, -0.1) is 12.4 Å². The van der Waals surface area contributed by atoms with Crippen LogP contribution in [0.5, 0.6) is 5.75 Å². The van der Waals surface area contributed by atoms with Crippen molar-refractivity contribution in [2.24, 2.45) is 0 Å². The fourth-order valence-electron chi connectivity index (χ4n) is 3.34. The fourth-order valence-corrected chi connectivity index (χ4v) is 3.34. The van der Waals surface area contributed by atoms with E-state index in [1.807, 2.05) is 6.92 Å². The van der Waals surface area contributed by atoms with Crippen LogP contribution in [0.4, 0.5) is 0 Å². The Kier molecular flexibility index (Phi) is 6.53. The first kappa shape index (κ1) is 17.1. The number of hydrogen-bond acceptors (Lipinski definition) is 2. The van der Waals surface area contributed by atoms with Gasteiger partial charge in [0.25, 0.3) is 0 Å². The molecule has 0 radical (unpaired) electrons. The van der Waals surface area contributed by atoms with E-state index < -0.39 is 0 Å². The van der Waals surface area contributed by atoms with Gasteiger partial charge in [0.15, 0.2) is 0 Å². The molecule has 1 N–H and O–H groups in total. The third-order valence-corrected chi connectivity index (χ3v) is 4.47. The van der Waals surface area contributed by atoms with Crippen molar-refractivity contribution in [3.8, 4) is 5.75 Å². The predicted molar refractivity (Wildman–Crippen MR) is 96.1 cm³/mol. The molecule has 0 heterocycles. The molecule has 2 aromatic carbocycles. The van der Waals surface area contributed by atoms with Crippen LogP contribution in [0.2, 0.25) is 0 Å². The molecule has 3 rings (SSSR count). The molecular formula is C19H26ClNO. The van der Waals surface area contributed by atoms with Crippen LogP contribution in [-0.4, -0.2) is 12.6 Å². The van der Waals surface area contributed by atoms with Crippen LogP contribution >= 0.6 is 12.4 Å². The summed E-state index contributed by atoms with van der Waals surface area (Å²) in [6.45, 7) is 3.67. The van der Waals surface area contributed by atoms with Crippen LogP contribution in [0.3, 0.4) is 0 Å². The summed E-state index contributed by atoms with van der Waals surface area (Å²) in [5.74, 6) is 1.03. The quantitative estimate of drug-likeness (QED) is 0.829. The van der Waals surface area contributed by atoms with E-state index in [0.29, 0.717) is 6.04 Å². The Morgan fingerprint density at radius 3 is 2.59 bits per heavy atom. The van der Waals surface area contributed by atoms with E-state index in [1.54, 1.807) is 0 Å². The first-order valence-corrected chi connectivity index (χ1v) is 8.25. The maximum atomic E-state index is 5.84. The maximum Gasteiger partial charge on any atom is 0.124 e. The number of hydrogen-bond donors (Lipinski definition) is 1. The second-order valence-electron chi connectivity index (χ2n) is 5.91. The molecule has 0 spiro atoms. The smallest absolute Gasteiger partial charge is 0.124 e. The van der Waals surface area contributed by atoms with Crippen LogP contribution in [0.15, 0.2) is 36.4 Å². The van der Waals surface area contributed by atoms with Gasteiger partial charge in [0.1, 0.15) is 5.75 Å². The van der Waals surface area contributed by atoms with E-state index in [2.05, 4.69) is 41.7 Å². The normalized spacial score (nSPS) is 15.5. The lowest BCUT2D eigenvalue weighted by Gasteiger charge is -2.24. The molecule has 3 heteroatoms. The van der Waals surface area contributed by atoms with Crippen LogP contribution in [0.1, 0.15) is 44.6 Å². The Hall–Kier alpha value is -1.25. The summed E-state index contributed by atoms with van der Waals surface area (Å²) in [6.07, 6.45) is 6.76. The standard InChI is InChI=1S/C19H25NO.ClH/c1-2-21-19-13-12-15-8-6-7-11-17(15)18(19)14-20-16-9-4-3-5-10-16;/h6-8,11-13,16,20H,2-5,9-10,14H2,1H3;1H. The number of benzene rings is 2. The van der Waals surface area contributed by atoms with Gasteiger partial charge < -0.3 is 10.1 Å². The van der Waals surface area contributed by atoms with Gasteiger partial charge in [-0.1, -0.05) is 49.6 Å². The average molecular weight is 320 g/mol. The lowest BCUT2D eigenvalue weighted by Crippen LogP contribution is -2.30. The molecule has 0 bridgehead atoms. The van der Waals surface area contributed by atoms with Crippen LogP contribution < -0.4 is 10.1 Å². The second kappa shape index (κ2) is 8.40. The fraction of sp³-hybridized carbons (Fsp3) is 0.474. The average Bonchev–Trinajstić information content (AvgIpc) is 2.55. The Morgan fingerprint density at radius 2 is 1.82 bits per heavy atom. The SMILES string of the molecule is CCOc1ccc2ccccc2c1CNC1CCCCC1.Cl. The molecule has 0 aromatic heterocycles. The molecule has 2 aromatic rings. The van der Waals surface area contributed by atoms with Crippen molar-refractivity contribution in [2.45, 2.75) is 51.6 Å². The lowest BCUT2D eigenvalue weighted by atomic mass is 9.95. The third-order valence-electron chi connectivity index (χ3n) is 4.47. The van der Waals surface area contributed by atoms with E-state index in [1.165, 1.54) is 48.4 Å². The highest BCUT2D eigenvalue weighted by atomic mass is 35.5. The minimum absolute atomic E-state index is 0. The molecule has 0 amide bonds. The molecule has 0 aliphatic heterocycles. The zero-order valence-electron chi connectivity index (χ0n) is 13.3. The molecule has 1 saturated carbocycles. The highest BCUT2D eigenvalue weighted by molar-refractivity contribution is 5.87. The number of nitrogens with one attached hydrogen (secondary N) is 1. The summed E-state index contributed by atoms with van der Waals surface area (Å²) in [5, 5.41) is 6.35. The summed E-state index contributed by atoms with van der Waals surface area (Å²) in [4.78, 5) is 0. The van der Waals surface area contributed by atoms with Crippen molar-refractivity contribution in [1.82, 2.24) is 5.32 Å². The molecule has 1 fully saturated rings. The second-order valence-corrected chi connectivity index (χ2v) is 5.91. The maximum absolute atomic E-state index is 5.84. The van der Waals surface area contributed by atoms with E-state index in [9.17, 15) is 0 Å². The van der Waals surface area contributed by atoms with Crippen molar-refractivity contribution < 1.29 is 4.74 Å². The van der Waals surface area contributed by atoms with E-state index in [4.69, 9.17) is 4.74 Å². The predicted octanol–water partition coefficient (Wildman–Crippen LogP) is 5.08.